The Morgan fingerprint density at radius 1 is 1.19 bits per heavy atom. The molecule has 0 unspecified atom stereocenters. The normalized spacial score (nSPS) is 16.0. The second kappa shape index (κ2) is 9.05. The third kappa shape index (κ3) is 6.72. The molecule has 0 spiro atoms. The second-order valence-electron chi connectivity index (χ2n) is 6.23. The summed E-state index contributed by atoms with van der Waals surface area (Å²) in [5.41, 5.74) is 0.0769. The summed E-state index contributed by atoms with van der Waals surface area (Å²) in [6.07, 6.45) is -4.53. The summed E-state index contributed by atoms with van der Waals surface area (Å²) < 4.78 is 46.7. The van der Waals surface area contributed by atoms with Gasteiger partial charge in [-0.25, -0.2) is 4.79 Å². The van der Waals surface area contributed by atoms with Gasteiger partial charge in [-0.05, 0) is 25.2 Å². The monoisotopic (exact) mass is 389 g/mol. The van der Waals surface area contributed by atoms with Crippen molar-refractivity contribution in [2.75, 3.05) is 58.8 Å². The van der Waals surface area contributed by atoms with Crippen LogP contribution in [0.4, 0.5) is 18.9 Å². The number of nitrogens with zero attached hydrogens (tertiary/aromatic N) is 2. The fourth-order valence-electron chi connectivity index (χ4n) is 2.56. The Morgan fingerprint density at radius 2 is 1.85 bits per heavy atom. The van der Waals surface area contributed by atoms with Gasteiger partial charge in [0.15, 0.2) is 6.61 Å². The molecule has 1 amide bonds. The van der Waals surface area contributed by atoms with Gasteiger partial charge in [0.2, 0.25) is 5.91 Å². The predicted octanol–water partition coefficient (Wildman–Crippen LogP) is 1.60. The van der Waals surface area contributed by atoms with E-state index in [-0.39, 0.29) is 23.5 Å². The number of hydrogen-bond donors (Lipinski definition) is 1. The van der Waals surface area contributed by atoms with Crippen molar-refractivity contribution < 1.29 is 32.2 Å². The molecule has 0 bridgehead atoms. The highest BCUT2D eigenvalue weighted by Crippen LogP contribution is 2.28. The van der Waals surface area contributed by atoms with Gasteiger partial charge in [-0.3, -0.25) is 9.69 Å². The summed E-state index contributed by atoms with van der Waals surface area (Å²) in [5, 5.41) is 2.53. The molecule has 150 valence electrons. The van der Waals surface area contributed by atoms with Crippen molar-refractivity contribution >= 4 is 17.6 Å². The molecule has 2 rings (SSSR count). The van der Waals surface area contributed by atoms with E-state index in [9.17, 15) is 22.8 Å². The molecule has 0 radical (unpaired) electrons. The average Bonchev–Trinajstić information content (AvgIpc) is 2.61. The van der Waals surface area contributed by atoms with Gasteiger partial charge < -0.3 is 19.7 Å². The van der Waals surface area contributed by atoms with E-state index < -0.39 is 24.7 Å². The number of anilines is 1. The molecule has 1 aromatic carbocycles. The molecule has 1 aromatic rings. The molecule has 1 saturated heterocycles. The average molecular weight is 389 g/mol. The van der Waals surface area contributed by atoms with Crippen molar-refractivity contribution in [1.82, 2.24) is 9.80 Å². The van der Waals surface area contributed by atoms with Crippen LogP contribution in [0, 0.1) is 0 Å². The highest BCUT2D eigenvalue weighted by atomic mass is 19.4. The quantitative estimate of drug-likeness (QED) is 0.746. The number of hydrogen-bond acceptors (Lipinski definition) is 6. The van der Waals surface area contributed by atoms with E-state index in [1.807, 2.05) is 11.9 Å². The van der Waals surface area contributed by atoms with Crippen molar-refractivity contribution in [3.05, 3.63) is 23.8 Å². The summed E-state index contributed by atoms with van der Waals surface area (Å²) in [5.74, 6) is -1.25. The number of carbonyl (C=O) groups is 2. The maximum absolute atomic E-state index is 12.4. The number of amides is 1. The van der Waals surface area contributed by atoms with E-state index in [2.05, 4.69) is 15.0 Å². The third-order valence-electron chi connectivity index (χ3n) is 4.03. The molecule has 27 heavy (non-hydrogen) atoms. The van der Waals surface area contributed by atoms with Crippen LogP contribution in [0.2, 0.25) is 0 Å². The molecule has 1 fully saturated rings. The van der Waals surface area contributed by atoms with E-state index in [1.165, 1.54) is 25.3 Å². The largest absolute Gasteiger partial charge is 0.482 e. The highest BCUT2D eigenvalue weighted by Gasteiger charge is 2.29. The summed E-state index contributed by atoms with van der Waals surface area (Å²) in [4.78, 5) is 28.0. The van der Waals surface area contributed by atoms with Crippen LogP contribution in [0.25, 0.3) is 0 Å². The Kier molecular flexibility index (Phi) is 7.03. The molecule has 1 aliphatic heterocycles. The number of ether oxygens (including phenoxy) is 2. The Hall–Kier alpha value is -2.33. The van der Waals surface area contributed by atoms with Gasteiger partial charge in [0, 0.05) is 26.2 Å². The van der Waals surface area contributed by atoms with Gasteiger partial charge >= 0.3 is 12.1 Å². The molecule has 0 saturated carbocycles. The van der Waals surface area contributed by atoms with Crippen LogP contribution in [-0.2, 0) is 9.53 Å². The number of carbonyl (C=O) groups excluding carboxylic acids is 2. The highest BCUT2D eigenvalue weighted by molar-refractivity contribution is 5.96. The Labute approximate surface area is 155 Å². The van der Waals surface area contributed by atoms with E-state index in [4.69, 9.17) is 4.74 Å². The lowest BCUT2D eigenvalue weighted by atomic mass is 10.2. The van der Waals surface area contributed by atoms with Crippen LogP contribution in [-0.4, -0.2) is 81.3 Å². The number of methoxy groups -OCH3 is 1. The Bertz CT molecular complexity index is 674. The van der Waals surface area contributed by atoms with Gasteiger partial charge in [0.25, 0.3) is 0 Å². The smallest absolute Gasteiger partial charge is 0.422 e. The standard InChI is InChI=1S/C17H22F3N3O4/c1-22-5-7-23(8-6-22)10-15(24)21-13-9-12(16(25)26-2)3-4-14(13)27-11-17(18,19)20/h3-4,9H,5-8,10-11H2,1-2H3,(H,21,24). The molecule has 1 heterocycles. The zero-order valence-corrected chi connectivity index (χ0v) is 15.1. The summed E-state index contributed by atoms with van der Waals surface area (Å²) in [7, 11) is 3.17. The van der Waals surface area contributed by atoms with Gasteiger partial charge in [0.05, 0.1) is 24.9 Å². The van der Waals surface area contributed by atoms with Crippen molar-refractivity contribution in [1.29, 1.82) is 0 Å². The Morgan fingerprint density at radius 3 is 2.44 bits per heavy atom. The topological polar surface area (TPSA) is 71.1 Å². The lowest BCUT2D eigenvalue weighted by Crippen LogP contribution is -2.47. The minimum atomic E-state index is -4.53. The Balaban J connectivity index is 2.10. The van der Waals surface area contributed by atoms with Crippen molar-refractivity contribution in [2.45, 2.75) is 6.18 Å². The van der Waals surface area contributed by atoms with Crippen molar-refractivity contribution in [2.24, 2.45) is 0 Å². The molecule has 7 nitrogen and oxygen atoms in total. The first-order valence-corrected chi connectivity index (χ1v) is 8.30. The van der Waals surface area contributed by atoms with E-state index >= 15 is 0 Å². The first-order valence-electron chi connectivity index (χ1n) is 8.30. The maximum Gasteiger partial charge on any atom is 0.422 e. The molecule has 1 aliphatic rings. The zero-order valence-electron chi connectivity index (χ0n) is 15.1. The van der Waals surface area contributed by atoms with Crippen molar-refractivity contribution in [3.8, 4) is 5.75 Å². The van der Waals surface area contributed by atoms with Crippen LogP contribution in [0.1, 0.15) is 10.4 Å². The van der Waals surface area contributed by atoms with E-state index in [0.717, 1.165) is 13.1 Å². The zero-order chi connectivity index (χ0) is 20.0. The maximum atomic E-state index is 12.4. The van der Waals surface area contributed by atoms with Crippen LogP contribution < -0.4 is 10.1 Å². The van der Waals surface area contributed by atoms with Crippen LogP contribution in [0.3, 0.4) is 0 Å². The van der Waals surface area contributed by atoms with Gasteiger partial charge in [-0.2, -0.15) is 13.2 Å². The van der Waals surface area contributed by atoms with Crippen LogP contribution in [0.5, 0.6) is 5.75 Å². The van der Waals surface area contributed by atoms with E-state index in [1.54, 1.807) is 0 Å². The lowest BCUT2D eigenvalue weighted by molar-refractivity contribution is -0.153. The van der Waals surface area contributed by atoms with E-state index in [0.29, 0.717) is 13.1 Å². The van der Waals surface area contributed by atoms with Crippen LogP contribution in [0.15, 0.2) is 18.2 Å². The van der Waals surface area contributed by atoms with Crippen LogP contribution >= 0.6 is 0 Å². The fraction of sp³-hybridized carbons (Fsp3) is 0.529. The number of esters is 1. The number of benzene rings is 1. The molecular weight excluding hydrogens is 367 g/mol. The minimum absolute atomic E-state index is 0.0127. The summed E-state index contributed by atoms with van der Waals surface area (Å²) in [6, 6.07) is 3.70. The molecule has 1 N–H and O–H groups in total. The first kappa shape index (κ1) is 21.0. The molecular formula is C17H22F3N3O4. The molecule has 0 aromatic heterocycles. The number of halogens is 3. The lowest BCUT2D eigenvalue weighted by Gasteiger charge is -2.31. The second-order valence-corrected chi connectivity index (χ2v) is 6.23. The van der Waals surface area contributed by atoms with Gasteiger partial charge in [0.1, 0.15) is 5.75 Å². The van der Waals surface area contributed by atoms with Gasteiger partial charge in [-0.15, -0.1) is 0 Å². The fourth-order valence-corrected chi connectivity index (χ4v) is 2.56. The molecule has 0 atom stereocenters. The van der Waals surface area contributed by atoms with Gasteiger partial charge in [-0.1, -0.05) is 0 Å². The first-order chi connectivity index (χ1) is 12.7. The predicted molar refractivity (Wildman–Crippen MR) is 91.9 cm³/mol. The molecule has 10 heteroatoms. The third-order valence-corrected chi connectivity index (χ3v) is 4.03. The number of piperazine rings is 1. The van der Waals surface area contributed by atoms with Crippen molar-refractivity contribution in [3.63, 3.8) is 0 Å². The molecule has 0 aliphatic carbocycles. The summed E-state index contributed by atoms with van der Waals surface area (Å²) in [6.45, 7) is 1.66. The number of likely N-dealkylation sites (N-methyl/N-ethyl adjacent to an activating group) is 1. The minimum Gasteiger partial charge on any atom is -0.482 e. The number of alkyl halides is 3. The number of rotatable bonds is 6. The number of nitrogens with one attached hydrogen (secondary N) is 1. The SMILES string of the molecule is COC(=O)c1ccc(OCC(F)(F)F)c(NC(=O)CN2CCN(C)CC2)c1. The summed E-state index contributed by atoms with van der Waals surface area (Å²) >= 11 is 0.